The van der Waals surface area contributed by atoms with Crippen LogP contribution >= 0.6 is 23.4 Å². The highest BCUT2D eigenvalue weighted by Gasteiger charge is 2.36. The Kier molecular flexibility index (Phi) is 5.29. The predicted octanol–water partition coefficient (Wildman–Crippen LogP) is 3.74. The molecule has 3 heterocycles. The summed E-state index contributed by atoms with van der Waals surface area (Å²) in [5.41, 5.74) is 0.227. The summed E-state index contributed by atoms with van der Waals surface area (Å²) in [5.74, 6) is -1.23. The molecule has 0 amide bonds. The molecule has 0 radical (unpaired) electrons. The number of aromatic nitrogens is 1. The van der Waals surface area contributed by atoms with Gasteiger partial charge in [-0.2, -0.15) is 0 Å². The molecule has 2 aliphatic heterocycles. The smallest absolute Gasteiger partial charge is 0.344 e. The fraction of sp³-hybridized carbons (Fsp3) is 0.500. The van der Waals surface area contributed by atoms with Crippen molar-refractivity contribution in [3.63, 3.8) is 0 Å². The number of thioether (sulfide) groups is 1. The van der Waals surface area contributed by atoms with Gasteiger partial charge in [0.15, 0.2) is 0 Å². The average molecular weight is 440 g/mol. The van der Waals surface area contributed by atoms with Gasteiger partial charge in [0, 0.05) is 19.1 Å². The molecule has 1 unspecified atom stereocenters. The topological polar surface area (TPSA) is 54.8 Å². The third kappa shape index (κ3) is 3.12. The number of hydrogen-bond acceptors (Lipinski definition) is 6. The molecule has 1 aromatic heterocycles. The van der Waals surface area contributed by atoms with E-state index in [4.69, 9.17) is 16.3 Å². The van der Waals surface area contributed by atoms with Crippen molar-refractivity contribution in [2.75, 3.05) is 38.7 Å². The van der Waals surface area contributed by atoms with Gasteiger partial charge in [-0.15, -0.1) is 0 Å². The zero-order chi connectivity index (χ0) is 21.0. The van der Waals surface area contributed by atoms with Crippen molar-refractivity contribution in [3.8, 4) is 0 Å². The van der Waals surface area contributed by atoms with Crippen LogP contribution in [0.4, 0.5) is 10.1 Å². The predicted molar refractivity (Wildman–Crippen MR) is 114 cm³/mol. The summed E-state index contributed by atoms with van der Waals surface area (Å²) in [5, 5.41) is 0.838. The minimum absolute atomic E-state index is 0.0230. The van der Waals surface area contributed by atoms with E-state index in [-0.39, 0.29) is 28.0 Å². The van der Waals surface area contributed by atoms with E-state index in [2.05, 4.69) is 4.90 Å². The van der Waals surface area contributed by atoms with Crippen LogP contribution in [0.15, 0.2) is 15.9 Å². The number of likely N-dealkylation sites (N-methyl/N-ethyl adjacent to an activating group) is 1. The second-order valence-corrected chi connectivity index (χ2v) is 9.27. The SMILES string of the molecule is CCOC(=O)c1c2n(c3c(Cl)c(N4CC[C@@H](N(C)C)C4)c(F)cc3c1=O)C(C)S2. The summed E-state index contributed by atoms with van der Waals surface area (Å²) in [6.07, 6.45) is 0.910. The van der Waals surface area contributed by atoms with Gasteiger partial charge in [0.25, 0.3) is 0 Å². The number of nitrogens with zero attached hydrogens (tertiary/aromatic N) is 3. The molecule has 0 bridgehead atoms. The number of rotatable bonds is 4. The molecule has 4 rings (SSSR count). The lowest BCUT2D eigenvalue weighted by molar-refractivity contribution is 0.0518. The maximum absolute atomic E-state index is 15.2. The van der Waals surface area contributed by atoms with Crippen LogP contribution < -0.4 is 10.3 Å². The van der Waals surface area contributed by atoms with Crippen molar-refractivity contribution in [2.45, 2.75) is 36.7 Å². The molecule has 9 heteroatoms. The molecule has 1 saturated heterocycles. The van der Waals surface area contributed by atoms with E-state index in [9.17, 15) is 9.59 Å². The van der Waals surface area contributed by atoms with Crippen molar-refractivity contribution >= 4 is 45.9 Å². The number of carbonyl (C=O) groups is 1. The first-order valence-corrected chi connectivity index (χ1v) is 10.9. The standard InChI is InChI=1S/C20H23ClFN3O3S/c1-5-28-20(27)14-18(26)12-8-13(22)17(24-7-6-11(9-24)23(3)4)15(21)16(12)25-10(2)29-19(14)25/h8,10-11H,5-7,9H2,1-4H3/t10?,11-/m1/s1. The summed E-state index contributed by atoms with van der Waals surface area (Å²) in [6.45, 7) is 5.14. The van der Waals surface area contributed by atoms with Gasteiger partial charge >= 0.3 is 5.97 Å². The molecular formula is C20H23ClFN3O3S. The van der Waals surface area contributed by atoms with Gasteiger partial charge in [-0.3, -0.25) is 4.79 Å². The van der Waals surface area contributed by atoms with Crippen LogP contribution in [-0.4, -0.2) is 55.3 Å². The molecule has 2 atom stereocenters. The molecule has 0 spiro atoms. The van der Waals surface area contributed by atoms with Gasteiger partial charge < -0.3 is 19.1 Å². The second-order valence-electron chi connectivity index (χ2n) is 7.59. The van der Waals surface area contributed by atoms with Crippen LogP contribution in [-0.2, 0) is 4.74 Å². The van der Waals surface area contributed by atoms with Crippen molar-refractivity contribution in [3.05, 3.63) is 32.7 Å². The minimum atomic E-state index is -0.684. The maximum Gasteiger partial charge on any atom is 0.344 e. The molecule has 6 nitrogen and oxygen atoms in total. The third-order valence-corrected chi connectivity index (χ3v) is 7.18. The van der Waals surface area contributed by atoms with Crippen molar-refractivity contribution in [1.29, 1.82) is 0 Å². The van der Waals surface area contributed by atoms with E-state index in [0.29, 0.717) is 35.4 Å². The number of hydrogen-bond donors (Lipinski definition) is 0. The molecule has 2 aromatic rings. The summed E-state index contributed by atoms with van der Waals surface area (Å²) in [7, 11) is 4.01. The Morgan fingerprint density at radius 1 is 1.45 bits per heavy atom. The average Bonchev–Trinajstić information content (AvgIpc) is 3.12. The molecule has 0 saturated carbocycles. The quantitative estimate of drug-likeness (QED) is 0.676. The number of anilines is 1. The van der Waals surface area contributed by atoms with Gasteiger partial charge in [-0.25, -0.2) is 9.18 Å². The number of pyridine rings is 1. The first kappa shape index (κ1) is 20.5. The zero-order valence-corrected chi connectivity index (χ0v) is 18.4. The number of benzene rings is 1. The Morgan fingerprint density at radius 2 is 2.17 bits per heavy atom. The van der Waals surface area contributed by atoms with E-state index < -0.39 is 17.2 Å². The summed E-state index contributed by atoms with van der Waals surface area (Å²) < 4.78 is 22.1. The lowest BCUT2D eigenvalue weighted by Gasteiger charge is -2.34. The van der Waals surface area contributed by atoms with Crippen molar-refractivity contribution in [1.82, 2.24) is 9.47 Å². The molecular weight excluding hydrogens is 417 g/mol. The lowest BCUT2D eigenvalue weighted by atomic mass is 10.1. The van der Waals surface area contributed by atoms with Crippen LogP contribution in [0.2, 0.25) is 5.02 Å². The fourth-order valence-corrected chi connectivity index (χ4v) is 5.67. The van der Waals surface area contributed by atoms with Gasteiger partial charge in [0.1, 0.15) is 11.4 Å². The molecule has 1 aromatic carbocycles. The van der Waals surface area contributed by atoms with Gasteiger partial charge in [-0.05, 0) is 40.4 Å². The van der Waals surface area contributed by atoms with Gasteiger partial charge in [0.05, 0.1) is 38.6 Å². The fourth-order valence-electron chi connectivity index (χ4n) is 4.13. The second kappa shape index (κ2) is 7.49. The van der Waals surface area contributed by atoms with E-state index in [1.807, 2.05) is 30.5 Å². The van der Waals surface area contributed by atoms with Crippen molar-refractivity contribution in [2.24, 2.45) is 0 Å². The normalized spacial score (nSPS) is 20.9. The zero-order valence-electron chi connectivity index (χ0n) is 16.8. The number of ether oxygens (including phenoxy) is 1. The monoisotopic (exact) mass is 439 g/mol. The first-order valence-electron chi connectivity index (χ1n) is 9.61. The third-order valence-electron chi connectivity index (χ3n) is 5.65. The van der Waals surface area contributed by atoms with Crippen LogP contribution in [0.1, 0.15) is 36.0 Å². The first-order chi connectivity index (χ1) is 13.8. The Labute approximate surface area is 177 Å². The number of carbonyl (C=O) groups excluding carboxylic acids is 1. The Morgan fingerprint density at radius 3 is 2.76 bits per heavy atom. The van der Waals surface area contributed by atoms with Crippen LogP contribution in [0, 0.1) is 5.82 Å². The summed E-state index contributed by atoms with van der Waals surface area (Å²) in [6, 6.07) is 1.53. The Hall–Kier alpha value is -1.77. The van der Waals surface area contributed by atoms with Gasteiger partial charge in [-0.1, -0.05) is 23.4 Å². The largest absolute Gasteiger partial charge is 0.462 e. The Bertz CT molecular complexity index is 1070. The van der Waals surface area contributed by atoms with Crippen LogP contribution in [0.3, 0.4) is 0 Å². The Balaban J connectivity index is 1.93. The molecule has 0 aliphatic carbocycles. The van der Waals surface area contributed by atoms with Crippen LogP contribution in [0.5, 0.6) is 0 Å². The number of fused-ring (bicyclic) bond motifs is 3. The maximum atomic E-state index is 15.2. The van der Waals surface area contributed by atoms with Crippen LogP contribution in [0.25, 0.3) is 10.9 Å². The van der Waals surface area contributed by atoms with E-state index in [1.54, 1.807) is 6.92 Å². The molecule has 2 aliphatic rings. The molecule has 1 fully saturated rings. The highest BCUT2D eigenvalue weighted by molar-refractivity contribution is 8.00. The molecule has 156 valence electrons. The molecule has 0 N–H and O–H groups in total. The number of halogens is 2. The number of esters is 1. The minimum Gasteiger partial charge on any atom is -0.462 e. The highest BCUT2D eigenvalue weighted by Crippen LogP contribution is 2.49. The van der Waals surface area contributed by atoms with E-state index >= 15 is 4.39 Å². The highest BCUT2D eigenvalue weighted by atomic mass is 35.5. The van der Waals surface area contributed by atoms with E-state index in [0.717, 1.165) is 6.42 Å². The lowest BCUT2D eigenvalue weighted by Crippen LogP contribution is -2.32. The van der Waals surface area contributed by atoms with Gasteiger partial charge in [0.2, 0.25) is 5.43 Å². The summed E-state index contributed by atoms with van der Waals surface area (Å²) >= 11 is 8.12. The van der Waals surface area contributed by atoms with E-state index in [1.165, 1.54) is 17.8 Å². The summed E-state index contributed by atoms with van der Waals surface area (Å²) in [4.78, 5) is 29.5. The van der Waals surface area contributed by atoms with Crippen molar-refractivity contribution < 1.29 is 13.9 Å². The molecule has 29 heavy (non-hydrogen) atoms.